The van der Waals surface area contributed by atoms with Crippen molar-refractivity contribution in [3.63, 3.8) is 0 Å². The van der Waals surface area contributed by atoms with Crippen molar-refractivity contribution in [1.82, 2.24) is 0 Å². The molecule has 1 nitrogen and oxygen atoms in total. The third-order valence-corrected chi connectivity index (χ3v) is 2.91. The lowest BCUT2D eigenvalue weighted by atomic mass is 10.1. The Hall–Kier alpha value is -0.570. The van der Waals surface area contributed by atoms with Crippen LogP contribution in [0.5, 0.6) is 0 Å². The van der Waals surface area contributed by atoms with E-state index in [-0.39, 0.29) is 5.82 Å². The summed E-state index contributed by atoms with van der Waals surface area (Å²) in [4.78, 5) is 0. The Labute approximate surface area is 92.8 Å². The standard InChI is InChI=1S/C11H15BrFN/c1-3-8(2)7-14-9-4-5-10(12)11(13)6-9/h4-6,8,14H,3,7H2,1-2H3. The molecule has 1 N–H and O–H groups in total. The van der Waals surface area contributed by atoms with Gasteiger partial charge >= 0.3 is 0 Å². The van der Waals surface area contributed by atoms with E-state index in [9.17, 15) is 4.39 Å². The van der Waals surface area contributed by atoms with Crippen molar-refractivity contribution < 1.29 is 4.39 Å². The fourth-order valence-corrected chi connectivity index (χ4v) is 1.29. The number of hydrogen-bond donors (Lipinski definition) is 1. The molecule has 1 atom stereocenters. The van der Waals surface area contributed by atoms with Crippen LogP contribution in [0.1, 0.15) is 20.3 Å². The Morgan fingerprint density at radius 3 is 2.79 bits per heavy atom. The largest absolute Gasteiger partial charge is 0.385 e. The number of rotatable bonds is 4. The summed E-state index contributed by atoms with van der Waals surface area (Å²) in [6.45, 7) is 5.20. The van der Waals surface area contributed by atoms with Crippen molar-refractivity contribution >= 4 is 21.6 Å². The van der Waals surface area contributed by atoms with Gasteiger partial charge in [0.25, 0.3) is 0 Å². The predicted octanol–water partition coefficient (Wildman–Crippen LogP) is 4.05. The zero-order valence-corrected chi connectivity index (χ0v) is 10.1. The van der Waals surface area contributed by atoms with Gasteiger partial charge in [-0.3, -0.25) is 0 Å². The minimum Gasteiger partial charge on any atom is -0.385 e. The molecular weight excluding hydrogens is 245 g/mol. The SMILES string of the molecule is CCC(C)CNc1ccc(Br)c(F)c1. The summed E-state index contributed by atoms with van der Waals surface area (Å²) in [7, 11) is 0. The molecule has 0 heterocycles. The van der Waals surface area contributed by atoms with Crippen LogP contribution >= 0.6 is 15.9 Å². The van der Waals surface area contributed by atoms with E-state index in [4.69, 9.17) is 0 Å². The number of anilines is 1. The van der Waals surface area contributed by atoms with E-state index in [2.05, 4.69) is 35.1 Å². The van der Waals surface area contributed by atoms with Crippen molar-refractivity contribution in [3.8, 4) is 0 Å². The van der Waals surface area contributed by atoms with Crippen LogP contribution in [0.4, 0.5) is 10.1 Å². The lowest BCUT2D eigenvalue weighted by Crippen LogP contribution is -2.10. The molecule has 14 heavy (non-hydrogen) atoms. The van der Waals surface area contributed by atoms with E-state index in [1.165, 1.54) is 6.07 Å². The van der Waals surface area contributed by atoms with Crippen molar-refractivity contribution in [2.75, 3.05) is 11.9 Å². The Kier molecular flexibility index (Phi) is 4.39. The lowest BCUT2D eigenvalue weighted by molar-refractivity contribution is 0.592. The van der Waals surface area contributed by atoms with E-state index in [0.29, 0.717) is 10.4 Å². The van der Waals surface area contributed by atoms with E-state index in [0.717, 1.165) is 18.7 Å². The molecule has 78 valence electrons. The normalized spacial score (nSPS) is 12.6. The molecule has 0 aliphatic rings. The first-order chi connectivity index (χ1) is 6.63. The summed E-state index contributed by atoms with van der Waals surface area (Å²) >= 11 is 3.12. The maximum absolute atomic E-state index is 13.1. The molecule has 1 rings (SSSR count). The lowest BCUT2D eigenvalue weighted by Gasteiger charge is -2.11. The highest BCUT2D eigenvalue weighted by molar-refractivity contribution is 9.10. The van der Waals surface area contributed by atoms with E-state index < -0.39 is 0 Å². The van der Waals surface area contributed by atoms with Gasteiger partial charge in [0.1, 0.15) is 5.82 Å². The first kappa shape index (κ1) is 11.5. The quantitative estimate of drug-likeness (QED) is 0.861. The van der Waals surface area contributed by atoms with Gasteiger partial charge in [-0.25, -0.2) is 4.39 Å². The summed E-state index contributed by atoms with van der Waals surface area (Å²) in [6, 6.07) is 5.09. The van der Waals surface area contributed by atoms with Gasteiger partial charge < -0.3 is 5.32 Å². The molecule has 0 saturated carbocycles. The maximum atomic E-state index is 13.1. The molecule has 0 spiro atoms. The number of halogens is 2. The minimum absolute atomic E-state index is 0.223. The minimum atomic E-state index is -0.223. The highest BCUT2D eigenvalue weighted by Crippen LogP contribution is 2.19. The van der Waals surface area contributed by atoms with Crippen LogP contribution < -0.4 is 5.32 Å². The second-order valence-electron chi connectivity index (χ2n) is 3.52. The fourth-order valence-electron chi connectivity index (χ4n) is 1.04. The molecule has 0 aromatic heterocycles. The average molecular weight is 260 g/mol. The number of benzene rings is 1. The third-order valence-electron chi connectivity index (χ3n) is 2.27. The molecule has 0 saturated heterocycles. The summed E-state index contributed by atoms with van der Waals surface area (Å²) < 4.78 is 13.6. The zero-order valence-electron chi connectivity index (χ0n) is 8.48. The summed E-state index contributed by atoms with van der Waals surface area (Å²) in [5, 5.41) is 3.20. The predicted molar refractivity (Wildman–Crippen MR) is 62.0 cm³/mol. The van der Waals surface area contributed by atoms with Gasteiger partial charge in [-0.15, -0.1) is 0 Å². The average Bonchev–Trinajstić information content (AvgIpc) is 2.19. The Morgan fingerprint density at radius 2 is 2.21 bits per heavy atom. The topological polar surface area (TPSA) is 12.0 Å². The molecule has 1 aromatic rings. The second kappa shape index (κ2) is 5.35. The second-order valence-corrected chi connectivity index (χ2v) is 4.38. The maximum Gasteiger partial charge on any atom is 0.139 e. The summed E-state index contributed by atoms with van der Waals surface area (Å²) in [5.74, 6) is 0.390. The molecule has 1 unspecified atom stereocenters. The third kappa shape index (κ3) is 3.29. The van der Waals surface area contributed by atoms with Crippen LogP contribution in [-0.4, -0.2) is 6.54 Å². The Balaban J connectivity index is 2.55. The smallest absolute Gasteiger partial charge is 0.139 e. The van der Waals surface area contributed by atoms with E-state index in [1.807, 2.05) is 6.07 Å². The molecule has 0 aliphatic heterocycles. The van der Waals surface area contributed by atoms with Crippen molar-refractivity contribution in [1.29, 1.82) is 0 Å². The van der Waals surface area contributed by atoms with E-state index in [1.54, 1.807) is 6.07 Å². The van der Waals surface area contributed by atoms with Crippen LogP contribution in [0.3, 0.4) is 0 Å². The highest BCUT2D eigenvalue weighted by atomic mass is 79.9. The van der Waals surface area contributed by atoms with Crippen LogP contribution in [0, 0.1) is 11.7 Å². The number of hydrogen-bond acceptors (Lipinski definition) is 1. The first-order valence-electron chi connectivity index (χ1n) is 4.82. The summed E-state index contributed by atoms with van der Waals surface area (Å²) in [5.41, 5.74) is 0.839. The Bertz CT molecular complexity index is 301. The molecule has 0 bridgehead atoms. The van der Waals surface area contributed by atoms with Crippen molar-refractivity contribution in [2.24, 2.45) is 5.92 Å². The Morgan fingerprint density at radius 1 is 1.50 bits per heavy atom. The van der Waals surface area contributed by atoms with Crippen LogP contribution in [0.2, 0.25) is 0 Å². The molecule has 0 amide bonds. The van der Waals surface area contributed by atoms with Gasteiger partial charge in [0, 0.05) is 12.2 Å². The molecule has 0 aliphatic carbocycles. The van der Waals surface area contributed by atoms with Crippen LogP contribution in [-0.2, 0) is 0 Å². The highest BCUT2D eigenvalue weighted by Gasteiger charge is 2.01. The van der Waals surface area contributed by atoms with Gasteiger partial charge in [-0.2, -0.15) is 0 Å². The van der Waals surface area contributed by atoms with Gasteiger partial charge in [-0.05, 0) is 40.0 Å². The monoisotopic (exact) mass is 259 g/mol. The van der Waals surface area contributed by atoms with Gasteiger partial charge in [0.2, 0.25) is 0 Å². The molecular formula is C11H15BrFN. The molecule has 0 fully saturated rings. The van der Waals surface area contributed by atoms with Crippen molar-refractivity contribution in [2.45, 2.75) is 20.3 Å². The molecule has 3 heteroatoms. The van der Waals surface area contributed by atoms with Gasteiger partial charge in [0.15, 0.2) is 0 Å². The summed E-state index contributed by atoms with van der Waals surface area (Å²) in [6.07, 6.45) is 1.13. The number of nitrogens with one attached hydrogen (secondary N) is 1. The fraction of sp³-hybridized carbons (Fsp3) is 0.455. The zero-order chi connectivity index (χ0) is 10.6. The van der Waals surface area contributed by atoms with Crippen molar-refractivity contribution in [3.05, 3.63) is 28.5 Å². The molecule has 0 radical (unpaired) electrons. The van der Waals surface area contributed by atoms with Gasteiger partial charge in [-0.1, -0.05) is 20.3 Å². The van der Waals surface area contributed by atoms with Gasteiger partial charge in [0.05, 0.1) is 4.47 Å². The first-order valence-corrected chi connectivity index (χ1v) is 5.61. The van der Waals surface area contributed by atoms with E-state index >= 15 is 0 Å². The van der Waals surface area contributed by atoms with Crippen LogP contribution in [0.25, 0.3) is 0 Å². The molecule has 1 aromatic carbocycles. The van der Waals surface area contributed by atoms with Crippen LogP contribution in [0.15, 0.2) is 22.7 Å².